The maximum absolute atomic E-state index is 11.5. The second kappa shape index (κ2) is 13.7. The highest BCUT2D eigenvalue weighted by atomic mass is 32.1. The highest BCUT2D eigenvalue weighted by Gasteiger charge is 2.23. The lowest BCUT2D eigenvalue weighted by molar-refractivity contribution is 0.0689. The Bertz CT molecular complexity index is 1040. The van der Waals surface area contributed by atoms with Gasteiger partial charge in [-0.3, -0.25) is 4.90 Å². The minimum absolute atomic E-state index is 0.103. The molecule has 8 nitrogen and oxygen atoms in total. The van der Waals surface area contributed by atoms with Crippen LogP contribution in [-0.4, -0.2) is 101 Å². The van der Waals surface area contributed by atoms with Crippen LogP contribution in [0.4, 0.5) is 5.69 Å². The number of thiocarbonyl (C=S) groups is 1. The van der Waals surface area contributed by atoms with Crippen LogP contribution in [0.15, 0.2) is 47.5 Å². The Morgan fingerprint density at radius 1 is 1.03 bits per heavy atom. The number of benzene rings is 1. The van der Waals surface area contributed by atoms with E-state index in [4.69, 9.17) is 12.2 Å². The molecule has 2 aliphatic heterocycles. The molecule has 2 fully saturated rings. The second-order valence-electron chi connectivity index (χ2n) is 9.74. The molecule has 0 aliphatic carbocycles. The zero-order chi connectivity index (χ0) is 25.2. The third kappa shape index (κ3) is 8.27. The van der Waals surface area contributed by atoms with Crippen LogP contribution < -0.4 is 5.32 Å². The van der Waals surface area contributed by atoms with E-state index in [2.05, 4.69) is 47.3 Å². The third-order valence-electron chi connectivity index (χ3n) is 6.98. The van der Waals surface area contributed by atoms with Crippen molar-refractivity contribution in [1.82, 2.24) is 25.0 Å². The molecule has 2 bridgehead atoms. The van der Waals surface area contributed by atoms with E-state index in [0.717, 1.165) is 89.7 Å². The minimum Gasteiger partial charge on any atom is -0.477 e. The van der Waals surface area contributed by atoms with Gasteiger partial charge in [0.15, 0.2) is 0 Å². The number of aromatic carboxylic acids is 1. The van der Waals surface area contributed by atoms with Crippen molar-refractivity contribution >= 4 is 29.0 Å². The maximum atomic E-state index is 11.5. The lowest BCUT2D eigenvalue weighted by Gasteiger charge is -2.37. The summed E-state index contributed by atoms with van der Waals surface area (Å²) in [7, 11) is 0. The lowest BCUT2D eigenvalue weighted by Crippen LogP contribution is -2.48. The van der Waals surface area contributed by atoms with E-state index in [-0.39, 0.29) is 5.69 Å². The van der Waals surface area contributed by atoms with Gasteiger partial charge in [0.25, 0.3) is 0 Å². The van der Waals surface area contributed by atoms with Crippen molar-refractivity contribution < 1.29 is 9.90 Å². The topological polar surface area (TPSA) is 84.3 Å². The molecule has 192 valence electrons. The quantitative estimate of drug-likeness (QED) is 0.455. The van der Waals surface area contributed by atoms with Crippen molar-refractivity contribution in [3.8, 4) is 0 Å². The average Bonchev–Trinajstić information content (AvgIpc) is 2.88. The summed E-state index contributed by atoms with van der Waals surface area (Å²) in [6.07, 6.45) is 2.13. The number of nitrogens with one attached hydrogen (secondary N) is 1. The number of hydrogen-bond acceptors (Lipinski definition) is 8. The zero-order valence-electron chi connectivity index (χ0n) is 20.8. The van der Waals surface area contributed by atoms with Crippen LogP contribution in [0.3, 0.4) is 0 Å². The van der Waals surface area contributed by atoms with E-state index in [9.17, 15) is 9.90 Å². The van der Waals surface area contributed by atoms with Gasteiger partial charge in [0, 0.05) is 58.9 Å². The highest BCUT2D eigenvalue weighted by Crippen LogP contribution is 2.19. The van der Waals surface area contributed by atoms with Crippen LogP contribution in [-0.2, 0) is 13.0 Å². The molecule has 2 aromatic rings. The number of nitrogens with zero attached hydrogens (tertiary/aromatic N) is 5. The Balaban J connectivity index is 1.55. The van der Waals surface area contributed by atoms with E-state index in [1.807, 2.05) is 18.2 Å². The van der Waals surface area contributed by atoms with Crippen molar-refractivity contribution in [2.24, 2.45) is 10.9 Å². The molecule has 36 heavy (non-hydrogen) atoms. The summed E-state index contributed by atoms with van der Waals surface area (Å²) in [5.74, 6) is -0.552. The first kappa shape index (κ1) is 26.5. The van der Waals surface area contributed by atoms with Crippen molar-refractivity contribution in [2.45, 2.75) is 19.4 Å². The molecule has 3 unspecified atom stereocenters. The first-order valence-electron chi connectivity index (χ1n) is 12.8. The fourth-order valence-corrected chi connectivity index (χ4v) is 5.25. The molecule has 0 amide bonds. The molecule has 4 rings (SSSR count). The summed E-state index contributed by atoms with van der Waals surface area (Å²) in [4.78, 5) is 27.6. The number of carbonyl (C=O) groups is 1. The van der Waals surface area contributed by atoms with Crippen LogP contribution in [0.1, 0.15) is 28.2 Å². The highest BCUT2D eigenvalue weighted by molar-refractivity contribution is 7.78. The Labute approximate surface area is 219 Å². The number of isothiocyanates is 1. The number of carboxylic acid groups (broad SMARTS) is 1. The van der Waals surface area contributed by atoms with Gasteiger partial charge in [-0.05, 0) is 73.9 Å². The standard InChI is InChI=1S/C27H36N6O2S/c34-27(35)26-4-1-3-25(30-26)20-33-16-14-31-11-2-9-28-10-12-32(15-13-31)18-23(19-33)17-22-5-7-24(8-6-22)29-21-36/h1,3-8,23,28H,2,9-20H2,(H,34,35). The Morgan fingerprint density at radius 3 is 2.64 bits per heavy atom. The van der Waals surface area contributed by atoms with Gasteiger partial charge >= 0.3 is 5.97 Å². The third-order valence-corrected chi connectivity index (χ3v) is 7.07. The largest absolute Gasteiger partial charge is 0.477 e. The summed E-state index contributed by atoms with van der Waals surface area (Å²) in [6.45, 7) is 10.9. The van der Waals surface area contributed by atoms with Crippen LogP contribution >= 0.6 is 12.2 Å². The molecular weight excluding hydrogens is 472 g/mol. The van der Waals surface area contributed by atoms with Crippen molar-refractivity contribution in [3.63, 3.8) is 0 Å². The van der Waals surface area contributed by atoms with E-state index >= 15 is 0 Å². The van der Waals surface area contributed by atoms with E-state index in [1.54, 1.807) is 12.1 Å². The number of hydrogen-bond donors (Lipinski definition) is 2. The summed E-state index contributed by atoms with van der Waals surface area (Å²) in [5.41, 5.74) is 3.02. The normalized spacial score (nSPS) is 23.9. The number of fused-ring (bicyclic) bond motifs is 3. The Hall–Kier alpha value is -2.52. The van der Waals surface area contributed by atoms with Crippen LogP contribution in [0.5, 0.6) is 0 Å². The molecule has 1 aromatic carbocycles. The molecule has 0 spiro atoms. The average molecular weight is 509 g/mol. The van der Waals surface area contributed by atoms with E-state index < -0.39 is 5.97 Å². The Kier molecular flexibility index (Phi) is 10.1. The van der Waals surface area contributed by atoms with Crippen LogP contribution in [0.25, 0.3) is 0 Å². The fourth-order valence-electron chi connectivity index (χ4n) is 5.15. The van der Waals surface area contributed by atoms with Gasteiger partial charge in [0.1, 0.15) is 5.69 Å². The molecule has 3 heterocycles. The smallest absolute Gasteiger partial charge is 0.354 e. The fraction of sp³-hybridized carbons (Fsp3) is 0.519. The predicted octanol–water partition coefficient (Wildman–Crippen LogP) is 2.79. The van der Waals surface area contributed by atoms with Gasteiger partial charge in [-0.25, -0.2) is 9.78 Å². The molecular formula is C27H36N6O2S. The number of carboxylic acids is 1. The maximum Gasteiger partial charge on any atom is 0.354 e. The molecule has 0 saturated carbocycles. The lowest BCUT2D eigenvalue weighted by atomic mass is 9.97. The zero-order valence-corrected chi connectivity index (χ0v) is 21.6. The molecule has 2 aliphatic rings. The second-order valence-corrected chi connectivity index (χ2v) is 9.92. The monoisotopic (exact) mass is 508 g/mol. The number of aliphatic imine (C=N–C) groups is 1. The molecule has 1 aromatic heterocycles. The summed E-state index contributed by atoms with van der Waals surface area (Å²) in [5, 5.41) is 15.4. The van der Waals surface area contributed by atoms with Gasteiger partial charge in [-0.15, -0.1) is 0 Å². The number of pyridine rings is 1. The van der Waals surface area contributed by atoms with Gasteiger partial charge < -0.3 is 20.2 Å². The molecule has 3 atom stereocenters. The van der Waals surface area contributed by atoms with Crippen molar-refractivity contribution in [3.05, 3.63) is 59.4 Å². The van der Waals surface area contributed by atoms with Crippen LogP contribution in [0.2, 0.25) is 0 Å². The van der Waals surface area contributed by atoms with E-state index in [1.165, 1.54) is 5.56 Å². The van der Waals surface area contributed by atoms with Gasteiger partial charge in [-0.2, -0.15) is 4.99 Å². The van der Waals surface area contributed by atoms with E-state index in [0.29, 0.717) is 12.5 Å². The van der Waals surface area contributed by atoms with Crippen LogP contribution in [0, 0.1) is 5.92 Å². The predicted molar refractivity (Wildman–Crippen MR) is 145 cm³/mol. The number of rotatable bonds is 6. The Morgan fingerprint density at radius 2 is 1.83 bits per heavy atom. The number of aromatic nitrogens is 1. The molecule has 2 saturated heterocycles. The summed E-state index contributed by atoms with van der Waals surface area (Å²) in [6, 6.07) is 13.6. The summed E-state index contributed by atoms with van der Waals surface area (Å²) < 4.78 is 0. The van der Waals surface area contributed by atoms with Crippen molar-refractivity contribution in [2.75, 3.05) is 65.4 Å². The minimum atomic E-state index is -0.984. The first-order valence-corrected chi connectivity index (χ1v) is 13.2. The molecule has 0 radical (unpaired) electrons. The van der Waals surface area contributed by atoms with Crippen molar-refractivity contribution in [1.29, 1.82) is 0 Å². The summed E-state index contributed by atoms with van der Waals surface area (Å²) >= 11 is 4.73. The molecule has 2 N–H and O–H groups in total. The first-order chi connectivity index (χ1) is 17.6. The van der Waals surface area contributed by atoms with Gasteiger partial charge in [0.05, 0.1) is 16.5 Å². The van der Waals surface area contributed by atoms with Gasteiger partial charge in [-0.1, -0.05) is 18.2 Å². The SMILES string of the molecule is O=C(O)c1cccc(CN2CCN3CCCNCCN(CC3)CC(Cc3ccc(N=C=S)cc3)C2)n1. The molecule has 9 heteroatoms. The van der Waals surface area contributed by atoms with Gasteiger partial charge in [0.2, 0.25) is 0 Å².